The van der Waals surface area contributed by atoms with Crippen molar-refractivity contribution in [2.75, 3.05) is 6.61 Å². The van der Waals surface area contributed by atoms with Gasteiger partial charge in [-0.1, -0.05) is 23.6 Å². The van der Waals surface area contributed by atoms with E-state index < -0.39 is 10.1 Å². The summed E-state index contributed by atoms with van der Waals surface area (Å²) in [5.41, 5.74) is 0.956. The van der Waals surface area contributed by atoms with Crippen molar-refractivity contribution in [2.24, 2.45) is 0 Å². The molecule has 1 rings (SSSR count). The van der Waals surface area contributed by atoms with Crippen molar-refractivity contribution in [1.29, 1.82) is 0 Å². The quantitative estimate of drug-likeness (QED) is 0.457. The molecule has 0 bridgehead atoms. The van der Waals surface area contributed by atoms with Gasteiger partial charge < -0.3 is 5.11 Å². The van der Waals surface area contributed by atoms with Gasteiger partial charge in [-0.3, -0.25) is 4.55 Å². The van der Waals surface area contributed by atoms with Gasteiger partial charge in [0.25, 0.3) is 10.1 Å². The first-order valence-electron chi connectivity index (χ1n) is 4.15. The highest BCUT2D eigenvalue weighted by molar-refractivity contribution is 14.1. The lowest BCUT2D eigenvalue weighted by Gasteiger charge is -1.95. The summed E-state index contributed by atoms with van der Waals surface area (Å²) in [5.74, 6) is 2.40. The van der Waals surface area contributed by atoms with Crippen LogP contribution in [0.3, 0.4) is 0 Å². The first kappa shape index (κ1) is 15.4. The lowest BCUT2D eigenvalue weighted by Crippen LogP contribution is -1.96. The molecule has 1 aromatic rings. The molecule has 0 unspecified atom stereocenters. The molecule has 0 aliphatic carbocycles. The third kappa shape index (κ3) is 6.79. The lowest BCUT2D eigenvalue weighted by atomic mass is 10.2. The molecule has 0 amide bonds. The van der Waals surface area contributed by atoms with Crippen LogP contribution in [-0.4, -0.2) is 24.7 Å². The van der Waals surface area contributed by atoms with E-state index in [4.69, 9.17) is 9.66 Å². The van der Waals surface area contributed by atoms with Crippen LogP contribution < -0.4 is 0 Å². The van der Waals surface area contributed by atoms with E-state index in [0.717, 1.165) is 5.56 Å². The average Bonchev–Trinajstić information content (AvgIpc) is 2.19. The van der Waals surface area contributed by atoms with E-state index >= 15 is 0 Å². The summed E-state index contributed by atoms with van der Waals surface area (Å²) in [5, 5.41) is 7.89. The van der Waals surface area contributed by atoms with Crippen molar-refractivity contribution in [3.05, 3.63) is 29.8 Å². The van der Waals surface area contributed by atoms with E-state index in [1.165, 1.54) is 12.1 Å². The fourth-order valence-corrected chi connectivity index (χ4v) is 1.39. The number of hydrogen-bond donors (Lipinski definition) is 2. The van der Waals surface area contributed by atoms with Crippen molar-refractivity contribution >= 4 is 32.7 Å². The molecule has 1 aromatic carbocycles. The number of aliphatic hydroxyl groups excluding tert-OH is 1. The Morgan fingerprint density at radius 1 is 1.31 bits per heavy atom. The smallest absolute Gasteiger partial charge is 0.294 e. The minimum atomic E-state index is -4.02. The van der Waals surface area contributed by atoms with Crippen molar-refractivity contribution in [3.63, 3.8) is 0 Å². The molecule has 0 saturated heterocycles. The zero-order chi connectivity index (χ0) is 12.6. The van der Waals surface area contributed by atoms with Crippen LogP contribution >= 0.6 is 22.6 Å². The number of rotatable bonds is 1. The van der Waals surface area contributed by atoms with Gasteiger partial charge in [0.15, 0.2) is 0 Å². The molecule has 16 heavy (non-hydrogen) atoms. The molecule has 6 heteroatoms. The predicted octanol–water partition coefficient (Wildman–Crippen LogP) is 1.62. The Bertz CT molecular complexity index is 468. The maximum atomic E-state index is 10.5. The summed E-state index contributed by atoms with van der Waals surface area (Å²) >= 11 is 1.87. The molecule has 0 radical (unpaired) electrons. The molecule has 0 saturated carbocycles. The van der Waals surface area contributed by atoms with Gasteiger partial charge in [0.2, 0.25) is 0 Å². The summed E-state index contributed by atoms with van der Waals surface area (Å²) < 4.78 is 32.0. The molecule has 2 N–H and O–H groups in total. The molecule has 0 aliphatic rings. The molecule has 0 aliphatic heterocycles. The predicted molar refractivity (Wildman–Crippen MR) is 69.9 cm³/mol. The molecular formula is C10H11IO4S. The van der Waals surface area contributed by atoms with E-state index in [2.05, 4.69) is 9.85 Å². The Hall–Kier alpha value is -0.620. The van der Waals surface area contributed by atoms with E-state index in [0.29, 0.717) is 0 Å². The topological polar surface area (TPSA) is 74.6 Å². The monoisotopic (exact) mass is 354 g/mol. The normalized spacial score (nSPS) is 9.50. The van der Waals surface area contributed by atoms with Crippen molar-refractivity contribution < 1.29 is 18.1 Å². The molecule has 0 fully saturated rings. The molecule has 0 heterocycles. The molecule has 4 nitrogen and oxygen atoms in total. The molecule has 0 atom stereocenters. The second-order valence-corrected chi connectivity index (χ2v) is 4.68. The van der Waals surface area contributed by atoms with E-state index in [1.54, 1.807) is 12.1 Å². The average molecular weight is 354 g/mol. The van der Waals surface area contributed by atoms with Gasteiger partial charge in [0.1, 0.15) is 6.61 Å². The minimum Gasteiger partial charge on any atom is -0.384 e. The minimum absolute atomic E-state index is 0.0249. The first-order valence-corrected chi connectivity index (χ1v) is 6.67. The Kier molecular flexibility index (Phi) is 7.33. The number of aryl methyl sites for hydroxylation is 1. The molecule has 0 aromatic heterocycles. The summed E-state index contributed by atoms with van der Waals surface area (Å²) in [6.07, 6.45) is 0. The highest BCUT2D eigenvalue weighted by Crippen LogP contribution is 2.08. The summed E-state index contributed by atoms with van der Waals surface area (Å²) in [7, 11) is -4.02. The second-order valence-electron chi connectivity index (χ2n) is 2.72. The van der Waals surface area contributed by atoms with Crippen LogP contribution in [0.2, 0.25) is 0 Å². The maximum Gasteiger partial charge on any atom is 0.294 e. The van der Waals surface area contributed by atoms with Gasteiger partial charge in [-0.25, -0.2) is 0 Å². The van der Waals surface area contributed by atoms with E-state index in [9.17, 15) is 8.42 Å². The summed E-state index contributed by atoms with van der Waals surface area (Å²) in [6, 6.07) is 5.99. The molecule has 88 valence electrons. The third-order valence-corrected chi connectivity index (χ3v) is 2.71. The third-order valence-electron chi connectivity index (χ3n) is 1.46. The fourth-order valence-electron chi connectivity index (χ4n) is 0.740. The zero-order valence-corrected chi connectivity index (χ0v) is 11.5. The van der Waals surface area contributed by atoms with Gasteiger partial charge in [-0.2, -0.15) is 8.42 Å². The van der Waals surface area contributed by atoms with Crippen LogP contribution in [0.25, 0.3) is 0 Å². The van der Waals surface area contributed by atoms with Crippen LogP contribution in [-0.2, 0) is 10.1 Å². The van der Waals surface area contributed by atoms with Gasteiger partial charge in [0, 0.05) is 22.6 Å². The van der Waals surface area contributed by atoms with Gasteiger partial charge in [0.05, 0.1) is 4.90 Å². The second kappa shape index (κ2) is 7.62. The van der Waals surface area contributed by atoms with Gasteiger partial charge in [-0.15, -0.1) is 0 Å². The number of benzene rings is 1. The largest absolute Gasteiger partial charge is 0.384 e. The highest BCUT2D eigenvalue weighted by Gasteiger charge is 2.06. The first-order chi connectivity index (χ1) is 7.41. The zero-order valence-electron chi connectivity index (χ0n) is 8.51. The van der Waals surface area contributed by atoms with Crippen LogP contribution in [0.4, 0.5) is 0 Å². The number of halogens is 1. The van der Waals surface area contributed by atoms with E-state index in [-0.39, 0.29) is 11.5 Å². The fraction of sp³-hybridized carbons (Fsp3) is 0.200. The highest BCUT2D eigenvalue weighted by atomic mass is 127. The number of aliphatic hydroxyl groups is 1. The Labute approximate surface area is 109 Å². The summed E-state index contributed by atoms with van der Waals surface area (Å²) in [4.78, 5) is -0.0666. The molecular weight excluding hydrogens is 343 g/mol. The van der Waals surface area contributed by atoms with Crippen molar-refractivity contribution in [1.82, 2.24) is 0 Å². The van der Waals surface area contributed by atoms with Crippen LogP contribution in [0.15, 0.2) is 29.2 Å². The lowest BCUT2D eigenvalue weighted by molar-refractivity contribution is 0.351. The van der Waals surface area contributed by atoms with Gasteiger partial charge in [-0.05, 0) is 23.0 Å². The van der Waals surface area contributed by atoms with Crippen LogP contribution in [0, 0.1) is 16.8 Å². The van der Waals surface area contributed by atoms with Crippen molar-refractivity contribution in [2.45, 2.75) is 11.8 Å². The SMILES string of the molecule is Cc1ccc(S(=O)(=O)O)cc1.OCC#CI. The number of hydrogen-bond acceptors (Lipinski definition) is 3. The maximum absolute atomic E-state index is 10.5. The van der Waals surface area contributed by atoms with Crippen LogP contribution in [0.1, 0.15) is 5.56 Å². The Morgan fingerprint density at radius 2 is 1.81 bits per heavy atom. The van der Waals surface area contributed by atoms with Crippen LogP contribution in [0.5, 0.6) is 0 Å². The van der Waals surface area contributed by atoms with E-state index in [1.807, 2.05) is 29.5 Å². The standard InChI is InChI=1S/C7H8O3S.C3H3IO/c1-6-2-4-7(5-3-6)11(8,9)10;4-2-1-3-5/h2-5H,1H3,(H,8,9,10);5H,3H2. The Balaban J connectivity index is 0.000000385. The summed E-state index contributed by atoms with van der Waals surface area (Å²) in [6.45, 7) is 1.82. The molecule has 0 spiro atoms. The van der Waals surface area contributed by atoms with Gasteiger partial charge >= 0.3 is 0 Å². The Morgan fingerprint density at radius 3 is 2.06 bits per heavy atom. The van der Waals surface area contributed by atoms with Crippen molar-refractivity contribution in [3.8, 4) is 9.85 Å².